The number of hydrogen-bond acceptors (Lipinski definition) is 3. The number of rotatable bonds is 2. The van der Waals surface area contributed by atoms with Crippen LogP contribution in [0.2, 0.25) is 0 Å². The van der Waals surface area contributed by atoms with Gasteiger partial charge in [0.2, 0.25) is 0 Å². The van der Waals surface area contributed by atoms with E-state index in [0.29, 0.717) is 6.42 Å². The van der Waals surface area contributed by atoms with Gasteiger partial charge in [-0.05, 0) is 18.1 Å². The fraction of sp³-hybridized carbons (Fsp3) is 0.400. The lowest BCUT2D eigenvalue weighted by atomic mass is 10.1. The third-order valence-corrected chi connectivity index (χ3v) is 4.06. The molecule has 7 heteroatoms. The lowest BCUT2D eigenvalue weighted by Gasteiger charge is -2.29. The Morgan fingerprint density at radius 3 is 2.59 bits per heavy atom. The van der Waals surface area contributed by atoms with Gasteiger partial charge in [-0.3, -0.25) is 0 Å². The fourth-order valence-electron chi connectivity index (χ4n) is 3.01. The van der Waals surface area contributed by atoms with Gasteiger partial charge in [-0.15, -0.1) is 0 Å². The van der Waals surface area contributed by atoms with E-state index in [1.54, 1.807) is 19.2 Å². The number of aromatic nitrogens is 2. The van der Waals surface area contributed by atoms with Crippen molar-refractivity contribution in [2.75, 3.05) is 12.1 Å². The van der Waals surface area contributed by atoms with E-state index in [1.807, 2.05) is 12.1 Å². The first-order valence-electron chi connectivity index (χ1n) is 6.85. The zero-order valence-electron chi connectivity index (χ0n) is 12.1. The van der Waals surface area contributed by atoms with Crippen LogP contribution in [-0.4, -0.2) is 21.8 Å². The SMILES string of the molecule is Cc1n[c]n(N(C)C2CC(O)c3ccccc32)c1C(F)(F)F. The Balaban J connectivity index is 2.02. The largest absolute Gasteiger partial charge is 0.435 e. The molecule has 22 heavy (non-hydrogen) atoms. The Morgan fingerprint density at radius 1 is 1.32 bits per heavy atom. The molecule has 0 spiro atoms. The number of aryl methyl sites for hydroxylation is 1. The zero-order valence-corrected chi connectivity index (χ0v) is 12.1. The molecule has 2 unspecified atom stereocenters. The molecule has 2 aromatic rings. The van der Waals surface area contributed by atoms with Crippen LogP contribution in [0.1, 0.15) is 41.1 Å². The number of aliphatic hydroxyl groups is 1. The molecular weight excluding hydrogens is 295 g/mol. The number of aliphatic hydroxyl groups excluding tert-OH is 1. The van der Waals surface area contributed by atoms with Crippen molar-refractivity contribution in [2.45, 2.75) is 31.7 Å². The summed E-state index contributed by atoms with van der Waals surface area (Å²) >= 11 is 0. The number of benzene rings is 1. The summed E-state index contributed by atoms with van der Waals surface area (Å²) in [5, 5.41) is 11.5. The monoisotopic (exact) mass is 310 g/mol. The van der Waals surface area contributed by atoms with Crippen LogP contribution in [0.5, 0.6) is 0 Å². The Kier molecular flexibility index (Phi) is 3.40. The summed E-state index contributed by atoms with van der Waals surface area (Å²) in [5.41, 5.74) is 0.621. The van der Waals surface area contributed by atoms with E-state index < -0.39 is 18.0 Å². The minimum Gasteiger partial charge on any atom is -0.388 e. The zero-order chi connectivity index (χ0) is 16.1. The first kappa shape index (κ1) is 14.9. The highest BCUT2D eigenvalue weighted by molar-refractivity contribution is 5.39. The number of fused-ring (bicyclic) bond motifs is 1. The number of imidazole rings is 1. The van der Waals surface area contributed by atoms with Crippen molar-refractivity contribution >= 4 is 0 Å². The minimum absolute atomic E-state index is 0.119. The molecule has 1 aromatic heterocycles. The van der Waals surface area contributed by atoms with E-state index in [1.165, 1.54) is 11.9 Å². The highest BCUT2D eigenvalue weighted by atomic mass is 19.4. The minimum atomic E-state index is -4.51. The van der Waals surface area contributed by atoms with E-state index in [9.17, 15) is 18.3 Å². The average molecular weight is 310 g/mol. The lowest BCUT2D eigenvalue weighted by molar-refractivity contribution is -0.144. The van der Waals surface area contributed by atoms with Crippen LogP contribution < -0.4 is 5.01 Å². The van der Waals surface area contributed by atoms with Gasteiger partial charge in [0.25, 0.3) is 0 Å². The standard InChI is InChI=1S/C15H15F3N3O/c1-9-14(15(16,17)18)21(8-19-9)20(2)12-7-13(22)11-6-4-3-5-10(11)12/h3-6,12-13,22H,7H2,1-2H3. The molecule has 1 N–H and O–H groups in total. The summed E-state index contributed by atoms with van der Waals surface area (Å²) in [6.07, 6.45) is -2.46. The third kappa shape index (κ3) is 2.25. The maximum Gasteiger partial charge on any atom is 0.435 e. The first-order valence-corrected chi connectivity index (χ1v) is 6.85. The average Bonchev–Trinajstić information content (AvgIpc) is 2.99. The fourth-order valence-corrected chi connectivity index (χ4v) is 3.01. The van der Waals surface area contributed by atoms with Crippen molar-refractivity contribution in [3.8, 4) is 0 Å². The predicted octanol–water partition coefficient (Wildman–Crippen LogP) is 2.76. The summed E-state index contributed by atoms with van der Waals surface area (Å²) in [5.74, 6) is 0. The molecular formula is C15H15F3N3O. The van der Waals surface area contributed by atoms with Gasteiger partial charge in [0.15, 0.2) is 12.0 Å². The molecule has 1 aromatic carbocycles. The number of halogens is 3. The topological polar surface area (TPSA) is 41.3 Å². The van der Waals surface area contributed by atoms with Gasteiger partial charge in [-0.1, -0.05) is 24.3 Å². The van der Waals surface area contributed by atoms with Gasteiger partial charge in [0, 0.05) is 13.5 Å². The third-order valence-electron chi connectivity index (χ3n) is 4.06. The van der Waals surface area contributed by atoms with Gasteiger partial charge in [0.05, 0.1) is 17.8 Å². The van der Waals surface area contributed by atoms with Gasteiger partial charge in [-0.2, -0.15) is 13.2 Å². The Hall–Kier alpha value is -2.02. The molecule has 117 valence electrons. The molecule has 0 amide bonds. The molecule has 0 saturated carbocycles. The van der Waals surface area contributed by atoms with Crippen molar-refractivity contribution < 1.29 is 18.3 Å². The first-order chi connectivity index (χ1) is 10.3. The smallest absolute Gasteiger partial charge is 0.388 e. The van der Waals surface area contributed by atoms with Crippen LogP contribution in [0.4, 0.5) is 13.2 Å². The summed E-state index contributed by atoms with van der Waals surface area (Å²) in [6, 6.07) is 6.87. The van der Waals surface area contributed by atoms with Crippen LogP contribution in [0, 0.1) is 13.3 Å². The molecule has 2 atom stereocenters. The van der Waals surface area contributed by atoms with Crippen molar-refractivity contribution in [1.29, 1.82) is 0 Å². The van der Waals surface area contributed by atoms with Crippen molar-refractivity contribution in [3.05, 3.63) is 53.1 Å². The van der Waals surface area contributed by atoms with Crippen LogP contribution in [-0.2, 0) is 6.18 Å². The summed E-state index contributed by atoms with van der Waals surface area (Å²) in [4.78, 5) is 3.66. The van der Waals surface area contributed by atoms with E-state index >= 15 is 0 Å². The van der Waals surface area contributed by atoms with Gasteiger partial charge < -0.3 is 10.1 Å². The molecule has 4 nitrogen and oxygen atoms in total. The second kappa shape index (κ2) is 5.01. The number of hydrogen-bond donors (Lipinski definition) is 1. The van der Waals surface area contributed by atoms with Crippen molar-refractivity contribution in [3.63, 3.8) is 0 Å². The highest BCUT2D eigenvalue weighted by Crippen LogP contribution is 2.42. The predicted molar refractivity (Wildman–Crippen MR) is 73.7 cm³/mol. The highest BCUT2D eigenvalue weighted by Gasteiger charge is 2.40. The van der Waals surface area contributed by atoms with Crippen molar-refractivity contribution in [1.82, 2.24) is 9.66 Å². The molecule has 3 rings (SSSR count). The molecule has 1 aliphatic carbocycles. The summed E-state index contributed by atoms with van der Waals surface area (Å²) in [6.45, 7) is 1.31. The van der Waals surface area contributed by atoms with E-state index in [4.69, 9.17) is 0 Å². The number of alkyl halides is 3. The van der Waals surface area contributed by atoms with Crippen LogP contribution in [0.15, 0.2) is 24.3 Å². The van der Waals surface area contributed by atoms with Gasteiger partial charge in [0.1, 0.15) is 0 Å². The summed E-state index contributed by atoms with van der Waals surface area (Å²) < 4.78 is 40.5. The van der Waals surface area contributed by atoms with E-state index in [0.717, 1.165) is 15.8 Å². The normalized spacial score (nSPS) is 21.0. The van der Waals surface area contributed by atoms with Crippen LogP contribution in [0.25, 0.3) is 0 Å². The molecule has 1 heterocycles. The van der Waals surface area contributed by atoms with Gasteiger partial charge in [-0.25, -0.2) is 9.66 Å². The molecule has 0 saturated heterocycles. The second-order valence-electron chi connectivity index (χ2n) is 5.43. The molecule has 1 aliphatic rings. The quantitative estimate of drug-likeness (QED) is 0.927. The van der Waals surface area contributed by atoms with E-state index in [2.05, 4.69) is 11.3 Å². The van der Waals surface area contributed by atoms with Gasteiger partial charge >= 0.3 is 6.18 Å². The lowest BCUT2D eigenvalue weighted by Crippen LogP contribution is -2.36. The Labute approximate surface area is 125 Å². The van der Waals surface area contributed by atoms with Crippen molar-refractivity contribution in [2.24, 2.45) is 0 Å². The maximum atomic E-state index is 13.2. The maximum absolute atomic E-state index is 13.2. The molecule has 0 aliphatic heterocycles. The Bertz CT molecular complexity index is 696. The van der Waals surface area contributed by atoms with E-state index in [-0.39, 0.29) is 11.7 Å². The number of nitrogens with zero attached hydrogens (tertiary/aromatic N) is 3. The Morgan fingerprint density at radius 2 is 1.95 bits per heavy atom. The molecule has 1 radical (unpaired) electrons. The van der Waals surface area contributed by atoms with Crippen LogP contribution in [0.3, 0.4) is 0 Å². The second-order valence-corrected chi connectivity index (χ2v) is 5.43. The molecule has 0 fully saturated rings. The van der Waals surface area contributed by atoms with Crippen LogP contribution >= 0.6 is 0 Å². The molecule has 0 bridgehead atoms. The summed E-state index contributed by atoms with van der Waals surface area (Å²) in [7, 11) is 1.55.